The predicted molar refractivity (Wildman–Crippen MR) is 62.3 cm³/mol. The average Bonchev–Trinajstić information content (AvgIpc) is 2.88. The molecule has 0 aromatic carbocycles. The fraction of sp³-hybridized carbons (Fsp3) is 0.231. The van der Waals surface area contributed by atoms with Gasteiger partial charge in [0, 0.05) is 6.08 Å². The van der Waals surface area contributed by atoms with Gasteiger partial charge in [0.05, 0.1) is 26.1 Å². The summed E-state index contributed by atoms with van der Waals surface area (Å²) in [6.45, 7) is 0. The number of rotatable bonds is 3. The number of furan rings is 1. The smallest absolute Gasteiger partial charge is 0.354 e. The summed E-state index contributed by atoms with van der Waals surface area (Å²) in [6.07, 6.45) is 6.95. The van der Waals surface area contributed by atoms with E-state index in [4.69, 9.17) is 9.15 Å². The van der Waals surface area contributed by atoms with E-state index in [1.165, 1.54) is 31.8 Å². The third kappa shape index (κ3) is 2.34. The zero-order valence-electron chi connectivity index (χ0n) is 9.79. The van der Waals surface area contributed by atoms with Gasteiger partial charge in [-0.3, -0.25) is 4.79 Å². The van der Waals surface area contributed by atoms with Gasteiger partial charge < -0.3 is 13.9 Å². The van der Waals surface area contributed by atoms with Crippen LogP contribution in [0.1, 0.15) is 12.2 Å². The largest absolute Gasteiger partial charge is 0.478 e. The summed E-state index contributed by atoms with van der Waals surface area (Å²) in [6, 6.07) is 3.44. The van der Waals surface area contributed by atoms with Crippen molar-refractivity contribution < 1.29 is 23.5 Å². The molecule has 5 nitrogen and oxygen atoms in total. The molecule has 1 aliphatic rings. The molecule has 0 saturated carbocycles. The van der Waals surface area contributed by atoms with Crippen LogP contribution in [-0.4, -0.2) is 24.5 Å². The SMILES string of the molecule is COC(=O)[C@]1(/C=C/c2ccco2)CC(=O)C=CO1. The maximum absolute atomic E-state index is 11.8. The molecule has 2 rings (SSSR count). The zero-order valence-corrected chi connectivity index (χ0v) is 9.79. The molecular weight excluding hydrogens is 236 g/mol. The third-order valence-corrected chi connectivity index (χ3v) is 2.56. The standard InChI is InChI=1S/C13H12O5/c1-16-12(15)13(9-10(14)5-8-18-13)6-4-11-3-2-7-17-11/h2-8H,9H2,1H3/b6-4+/t13-/m0/s1. The molecule has 1 aromatic heterocycles. The summed E-state index contributed by atoms with van der Waals surface area (Å²) in [4.78, 5) is 23.2. The van der Waals surface area contributed by atoms with Gasteiger partial charge in [-0.15, -0.1) is 0 Å². The van der Waals surface area contributed by atoms with Crippen molar-refractivity contribution >= 4 is 17.8 Å². The minimum absolute atomic E-state index is 0.0899. The van der Waals surface area contributed by atoms with Crippen molar-refractivity contribution in [1.29, 1.82) is 0 Å². The highest BCUT2D eigenvalue weighted by atomic mass is 16.6. The van der Waals surface area contributed by atoms with E-state index >= 15 is 0 Å². The molecule has 0 bridgehead atoms. The molecule has 1 atom stereocenters. The maximum Gasteiger partial charge on any atom is 0.354 e. The number of carbonyl (C=O) groups is 2. The van der Waals surface area contributed by atoms with Crippen LogP contribution in [0.2, 0.25) is 0 Å². The van der Waals surface area contributed by atoms with Crippen LogP contribution >= 0.6 is 0 Å². The van der Waals surface area contributed by atoms with Gasteiger partial charge in [-0.05, 0) is 24.3 Å². The molecule has 1 aromatic rings. The number of carbonyl (C=O) groups excluding carboxylic acids is 2. The van der Waals surface area contributed by atoms with Gasteiger partial charge in [0.15, 0.2) is 5.78 Å². The topological polar surface area (TPSA) is 65.7 Å². The Balaban J connectivity index is 2.28. The molecule has 0 fully saturated rings. The van der Waals surface area contributed by atoms with E-state index in [-0.39, 0.29) is 12.2 Å². The lowest BCUT2D eigenvalue weighted by Gasteiger charge is -2.28. The summed E-state index contributed by atoms with van der Waals surface area (Å²) in [5, 5.41) is 0. The summed E-state index contributed by atoms with van der Waals surface area (Å²) < 4.78 is 15.1. The quantitative estimate of drug-likeness (QED) is 0.762. The first kappa shape index (κ1) is 12.2. The van der Waals surface area contributed by atoms with Gasteiger partial charge in [0.2, 0.25) is 5.60 Å². The maximum atomic E-state index is 11.8. The second kappa shape index (κ2) is 4.91. The third-order valence-electron chi connectivity index (χ3n) is 2.56. The van der Waals surface area contributed by atoms with Gasteiger partial charge in [0.25, 0.3) is 0 Å². The minimum Gasteiger partial charge on any atom is -0.478 e. The summed E-state index contributed by atoms with van der Waals surface area (Å²) >= 11 is 0. The lowest BCUT2D eigenvalue weighted by Crippen LogP contribution is -2.43. The fourth-order valence-corrected chi connectivity index (χ4v) is 1.65. The molecule has 94 valence electrons. The minimum atomic E-state index is -1.41. The zero-order chi connectivity index (χ0) is 13.0. The Bertz CT molecular complexity index is 497. The van der Waals surface area contributed by atoms with E-state index in [2.05, 4.69) is 4.74 Å². The van der Waals surface area contributed by atoms with Gasteiger partial charge >= 0.3 is 5.97 Å². The highest BCUT2D eigenvalue weighted by Crippen LogP contribution is 2.26. The van der Waals surface area contributed by atoms with Crippen molar-refractivity contribution in [2.45, 2.75) is 12.0 Å². The first-order valence-electron chi connectivity index (χ1n) is 5.35. The van der Waals surface area contributed by atoms with Crippen molar-refractivity contribution in [2.24, 2.45) is 0 Å². The highest BCUT2D eigenvalue weighted by molar-refractivity contribution is 5.97. The Morgan fingerprint density at radius 2 is 2.39 bits per heavy atom. The lowest BCUT2D eigenvalue weighted by molar-refractivity contribution is -0.160. The molecule has 2 heterocycles. The summed E-state index contributed by atoms with van der Waals surface area (Å²) in [7, 11) is 1.25. The van der Waals surface area contributed by atoms with Crippen molar-refractivity contribution in [3.63, 3.8) is 0 Å². The van der Waals surface area contributed by atoms with Crippen molar-refractivity contribution in [1.82, 2.24) is 0 Å². The fourth-order valence-electron chi connectivity index (χ4n) is 1.65. The molecule has 18 heavy (non-hydrogen) atoms. The van der Waals surface area contributed by atoms with Crippen LogP contribution in [0.15, 0.2) is 41.2 Å². The van der Waals surface area contributed by atoms with Gasteiger partial charge in [-0.1, -0.05) is 0 Å². The first-order chi connectivity index (χ1) is 8.66. The van der Waals surface area contributed by atoms with E-state index in [9.17, 15) is 9.59 Å². The van der Waals surface area contributed by atoms with E-state index < -0.39 is 11.6 Å². The molecule has 0 saturated heterocycles. The van der Waals surface area contributed by atoms with Crippen LogP contribution in [0, 0.1) is 0 Å². The van der Waals surface area contributed by atoms with Crippen molar-refractivity contribution in [3.05, 3.63) is 42.6 Å². The molecular formula is C13H12O5. The Hall–Kier alpha value is -2.30. The monoisotopic (exact) mass is 248 g/mol. The van der Waals surface area contributed by atoms with Crippen LogP contribution in [0.4, 0.5) is 0 Å². The molecule has 0 unspecified atom stereocenters. The number of methoxy groups -OCH3 is 1. The number of ketones is 1. The Morgan fingerprint density at radius 3 is 3.00 bits per heavy atom. The number of hydrogen-bond donors (Lipinski definition) is 0. The Morgan fingerprint density at radius 1 is 1.56 bits per heavy atom. The van der Waals surface area contributed by atoms with E-state index in [0.29, 0.717) is 5.76 Å². The van der Waals surface area contributed by atoms with E-state index in [1.807, 2.05) is 0 Å². The van der Waals surface area contributed by atoms with Crippen molar-refractivity contribution in [2.75, 3.05) is 7.11 Å². The van der Waals surface area contributed by atoms with Crippen LogP contribution in [0.5, 0.6) is 0 Å². The van der Waals surface area contributed by atoms with Crippen LogP contribution in [0.3, 0.4) is 0 Å². The highest BCUT2D eigenvalue weighted by Gasteiger charge is 2.42. The van der Waals surface area contributed by atoms with E-state index in [0.717, 1.165) is 0 Å². The average molecular weight is 248 g/mol. The molecule has 0 aliphatic carbocycles. The summed E-state index contributed by atoms with van der Waals surface area (Å²) in [5.74, 6) is -0.261. The molecule has 0 amide bonds. The number of esters is 1. The van der Waals surface area contributed by atoms with Crippen LogP contribution < -0.4 is 0 Å². The number of ether oxygens (including phenoxy) is 2. The Kier molecular flexibility index (Phi) is 3.32. The molecule has 5 heteroatoms. The van der Waals surface area contributed by atoms with Crippen LogP contribution in [0.25, 0.3) is 6.08 Å². The second-order valence-electron chi connectivity index (χ2n) is 3.79. The van der Waals surface area contributed by atoms with Gasteiger partial charge in [-0.2, -0.15) is 0 Å². The van der Waals surface area contributed by atoms with Crippen molar-refractivity contribution in [3.8, 4) is 0 Å². The molecule has 0 N–H and O–H groups in total. The van der Waals surface area contributed by atoms with Crippen LogP contribution in [-0.2, 0) is 19.1 Å². The molecule has 0 radical (unpaired) electrons. The number of hydrogen-bond acceptors (Lipinski definition) is 5. The Labute approximate surface area is 104 Å². The summed E-state index contributed by atoms with van der Waals surface area (Å²) in [5.41, 5.74) is -1.41. The predicted octanol–water partition coefficient (Wildman–Crippen LogP) is 1.71. The van der Waals surface area contributed by atoms with E-state index in [1.54, 1.807) is 18.2 Å². The van der Waals surface area contributed by atoms with Gasteiger partial charge in [-0.25, -0.2) is 4.79 Å². The normalized spacial score (nSPS) is 23.1. The van der Waals surface area contributed by atoms with Gasteiger partial charge in [0.1, 0.15) is 5.76 Å². The molecule has 1 aliphatic heterocycles. The lowest BCUT2D eigenvalue weighted by atomic mass is 9.94. The molecule has 0 spiro atoms. The second-order valence-corrected chi connectivity index (χ2v) is 3.79. The first-order valence-corrected chi connectivity index (χ1v) is 5.35. The number of allylic oxidation sites excluding steroid dienone is 1.